The summed E-state index contributed by atoms with van der Waals surface area (Å²) in [6.45, 7) is 3.91. The summed E-state index contributed by atoms with van der Waals surface area (Å²) in [6.07, 6.45) is 1.39. The number of para-hydroxylation sites is 1. The Kier molecular flexibility index (Phi) is 5.02. The Morgan fingerprint density at radius 3 is 2.62 bits per heavy atom. The first-order valence-corrected chi connectivity index (χ1v) is 8.45. The van der Waals surface area contributed by atoms with Crippen molar-refractivity contribution in [1.29, 1.82) is 0 Å². The van der Waals surface area contributed by atoms with E-state index in [1.54, 1.807) is 41.3 Å². The van der Waals surface area contributed by atoms with Crippen LogP contribution in [0.25, 0.3) is 0 Å². The third-order valence-corrected chi connectivity index (χ3v) is 4.22. The van der Waals surface area contributed by atoms with Crippen LogP contribution in [0.1, 0.15) is 35.7 Å². The maximum absolute atomic E-state index is 12.6. The number of aryl methyl sites for hydroxylation is 1. The van der Waals surface area contributed by atoms with Gasteiger partial charge in [0.1, 0.15) is 5.75 Å². The van der Waals surface area contributed by atoms with E-state index in [1.165, 1.54) is 6.92 Å². The zero-order valence-electron chi connectivity index (χ0n) is 14.7. The first-order valence-electron chi connectivity index (χ1n) is 8.45. The van der Waals surface area contributed by atoms with Crippen LogP contribution < -0.4 is 15.0 Å². The second-order valence-electron chi connectivity index (χ2n) is 6.19. The second-order valence-corrected chi connectivity index (χ2v) is 6.19. The molecule has 134 valence electrons. The minimum absolute atomic E-state index is 0.0942. The molecule has 0 unspecified atom stereocenters. The quantitative estimate of drug-likeness (QED) is 0.677. The van der Waals surface area contributed by atoms with Crippen molar-refractivity contribution in [3.8, 4) is 5.75 Å². The number of esters is 1. The first kappa shape index (κ1) is 17.7. The fraction of sp³-hybridized carbons (Fsp3) is 0.250. The topological polar surface area (TPSA) is 75.7 Å². The molecule has 1 heterocycles. The van der Waals surface area contributed by atoms with Gasteiger partial charge in [-0.15, -0.1) is 0 Å². The van der Waals surface area contributed by atoms with Crippen molar-refractivity contribution in [2.24, 2.45) is 0 Å². The molecule has 1 N–H and O–H groups in total. The fourth-order valence-corrected chi connectivity index (χ4v) is 2.98. The van der Waals surface area contributed by atoms with E-state index in [-0.39, 0.29) is 23.1 Å². The molecule has 0 saturated carbocycles. The number of hydrogen-bond donors (Lipinski definition) is 1. The standard InChI is InChI=1S/C20H20N2O4/c1-13-9-10-15(12-17(13)22-11-5-8-19(22)24)21-20(25)16-6-3-4-7-18(16)26-14(2)23/h3-4,6-7,9-10,12H,5,8,11H2,1-2H3,(H,21,25). The van der Waals surface area contributed by atoms with E-state index in [9.17, 15) is 14.4 Å². The number of amides is 2. The lowest BCUT2D eigenvalue weighted by atomic mass is 10.1. The van der Waals surface area contributed by atoms with Crippen LogP contribution >= 0.6 is 0 Å². The summed E-state index contributed by atoms with van der Waals surface area (Å²) in [5.41, 5.74) is 2.62. The van der Waals surface area contributed by atoms with E-state index >= 15 is 0 Å². The number of carbonyl (C=O) groups excluding carboxylic acids is 3. The smallest absolute Gasteiger partial charge is 0.308 e. The van der Waals surface area contributed by atoms with Gasteiger partial charge in [0.25, 0.3) is 5.91 Å². The summed E-state index contributed by atoms with van der Waals surface area (Å²) in [6, 6.07) is 12.0. The number of ether oxygens (including phenoxy) is 1. The van der Waals surface area contributed by atoms with Crippen LogP contribution in [0, 0.1) is 6.92 Å². The van der Waals surface area contributed by atoms with Crippen LogP contribution in [-0.4, -0.2) is 24.3 Å². The highest BCUT2D eigenvalue weighted by Crippen LogP contribution is 2.29. The Bertz CT molecular complexity index is 876. The molecular formula is C20H20N2O4. The predicted octanol–water partition coefficient (Wildman–Crippen LogP) is 3.30. The van der Waals surface area contributed by atoms with Crippen molar-refractivity contribution in [3.05, 3.63) is 53.6 Å². The van der Waals surface area contributed by atoms with Gasteiger partial charge in [0.15, 0.2) is 0 Å². The van der Waals surface area contributed by atoms with Gasteiger partial charge in [0, 0.05) is 31.3 Å². The van der Waals surface area contributed by atoms with Crippen LogP contribution in [0.5, 0.6) is 5.75 Å². The highest BCUT2D eigenvalue weighted by molar-refractivity contribution is 6.07. The van der Waals surface area contributed by atoms with Crippen molar-refractivity contribution in [2.75, 3.05) is 16.8 Å². The largest absolute Gasteiger partial charge is 0.426 e. The third kappa shape index (κ3) is 3.74. The van der Waals surface area contributed by atoms with Crippen LogP contribution in [0.3, 0.4) is 0 Å². The summed E-state index contributed by atoms with van der Waals surface area (Å²) >= 11 is 0. The number of rotatable bonds is 4. The molecule has 6 nitrogen and oxygen atoms in total. The normalized spacial score (nSPS) is 13.6. The molecule has 0 bridgehead atoms. The molecule has 2 aromatic carbocycles. The minimum Gasteiger partial charge on any atom is -0.426 e. The molecule has 1 saturated heterocycles. The van der Waals surface area contributed by atoms with Gasteiger partial charge in [-0.1, -0.05) is 18.2 Å². The van der Waals surface area contributed by atoms with Crippen LogP contribution in [0.4, 0.5) is 11.4 Å². The van der Waals surface area contributed by atoms with Gasteiger partial charge in [0.2, 0.25) is 5.91 Å². The lowest BCUT2D eigenvalue weighted by molar-refractivity contribution is -0.131. The van der Waals surface area contributed by atoms with E-state index in [0.29, 0.717) is 18.7 Å². The number of anilines is 2. The third-order valence-electron chi connectivity index (χ3n) is 4.22. The van der Waals surface area contributed by atoms with Crippen LogP contribution in [0.2, 0.25) is 0 Å². The van der Waals surface area contributed by atoms with Gasteiger partial charge in [-0.3, -0.25) is 14.4 Å². The van der Waals surface area contributed by atoms with Crippen molar-refractivity contribution in [2.45, 2.75) is 26.7 Å². The van der Waals surface area contributed by atoms with Gasteiger partial charge in [-0.2, -0.15) is 0 Å². The molecule has 1 aliphatic rings. The first-order chi connectivity index (χ1) is 12.5. The summed E-state index contributed by atoms with van der Waals surface area (Å²) < 4.78 is 5.09. The highest BCUT2D eigenvalue weighted by Gasteiger charge is 2.23. The fourth-order valence-electron chi connectivity index (χ4n) is 2.98. The number of hydrogen-bond acceptors (Lipinski definition) is 4. The second kappa shape index (κ2) is 7.39. The number of nitrogens with zero attached hydrogens (tertiary/aromatic N) is 1. The molecule has 2 aromatic rings. The van der Waals surface area contributed by atoms with E-state index < -0.39 is 5.97 Å². The molecule has 2 amide bonds. The van der Waals surface area contributed by atoms with Crippen molar-refractivity contribution >= 4 is 29.2 Å². The zero-order valence-corrected chi connectivity index (χ0v) is 14.7. The lowest BCUT2D eigenvalue weighted by Gasteiger charge is -2.19. The molecule has 0 radical (unpaired) electrons. The zero-order chi connectivity index (χ0) is 18.7. The molecule has 0 aromatic heterocycles. The van der Waals surface area contributed by atoms with Gasteiger partial charge < -0.3 is 15.0 Å². The summed E-state index contributed by atoms with van der Waals surface area (Å²) in [4.78, 5) is 37.6. The van der Waals surface area contributed by atoms with E-state index in [4.69, 9.17) is 4.74 Å². The minimum atomic E-state index is -0.490. The number of carbonyl (C=O) groups is 3. The number of benzene rings is 2. The van der Waals surface area contributed by atoms with Gasteiger partial charge in [-0.05, 0) is 43.2 Å². The average Bonchev–Trinajstić information content (AvgIpc) is 3.02. The van der Waals surface area contributed by atoms with E-state index in [1.807, 2.05) is 13.0 Å². The van der Waals surface area contributed by atoms with E-state index in [0.717, 1.165) is 17.7 Å². The van der Waals surface area contributed by atoms with Crippen molar-refractivity contribution < 1.29 is 19.1 Å². The molecule has 1 fully saturated rings. The molecule has 0 atom stereocenters. The van der Waals surface area contributed by atoms with Gasteiger partial charge in [-0.25, -0.2) is 0 Å². The molecular weight excluding hydrogens is 332 g/mol. The average molecular weight is 352 g/mol. The van der Waals surface area contributed by atoms with Crippen molar-refractivity contribution in [3.63, 3.8) is 0 Å². The Morgan fingerprint density at radius 2 is 1.92 bits per heavy atom. The Morgan fingerprint density at radius 1 is 1.15 bits per heavy atom. The van der Waals surface area contributed by atoms with Crippen LogP contribution in [0.15, 0.2) is 42.5 Å². The molecule has 26 heavy (non-hydrogen) atoms. The molecule has 0 aliphatic carbocycles. The maximum Gasteiger partial charge on any atom is 0.308 e. The molecule has 1 aliphatic heterocycles. The number of nitrogens with one attached hydrogen (secondary N) is 1. The van der Waals surface area contributed by atoms with Gasteiger partial charge >= 0.3 is 5.97 Å². The van der Waals surface area contributed by atoms with Crippen LogP contribution in [-0.2, 0) is 9.59 Å². The summed E-state index contributed by atoms with van der Waals surface area (Å²) in [7, 11) is 0. The summed E-state index contributed by atoms with van der Waals surface area (Å²) in [5, 5.41) is 2.81. The monoisotopic (exact) mass is 352 g/mol. The summed E-state index contributed by atoms with van der Waals surface area (Å²) in [5.74, 6) is -0.573. The molecule has 6 heteroatoms. The lowest BCUT2D eigenvalue weighted by Crippen LogP contribution is -2.24. The Hall–Kier alpha value is -3.15. The molecule has 3 rings (SSSR count). The Balaban J connectivity index is 1.84. The highest BCUT2D eigenvalue weighted by atomic mass is 16.5. The van der Waals surface area contributed by atoms with E-state index in [2.05, 4.69) is 5.32 Å². The SMILES string of the molecule is CC(=O)Oc1ccccc1C(=O)Nc1ccc(C)c(N2CCCC2=O)c1. The molecule has 0 spiro atoms. The van der Waals surface area contributed by atoms with Gasteiger partial charge in [0.05, 0.1) is 5.56 Å². The van der Waals surface area contributed by atoms with Crippen molar-refractivity contribution in [1.82, 2.24) is 0 Å². The Labute approximate surface area is 151 Å². The maximum atomic E-state index is 12.6. The predicted molar refractivity (Wildman–Crippen MR) is 98.5 cm³/mol.